The molecule has 0 saturated heterocycles. The molecule has 0 radical (unpaired) electrons. The lowest BCUT2D eigenvalue weighted by molar-refractivity contribution is 0.432. The highest BCUT2D eigenvalue weighted by molar-refractivity contribution is 6.30. The van der Waals surface area contributed by atoms with Gasteiger partial charge in [0.15, 0.2) is 0 Å². The number of rotatable bonds is 3. The minimum absolute atomic E-state index is 0.639. The van der Waals surface area contributed by atoms with E-state index in [4.69, 9.17) is 16.3 Å². The molecule has 6 heteroatoms. The topological polar surface area (TPSA) is 55.7 Å². The van der Waals surface area contributed by atoms with E-state index in [1.54, 1.807) is 29.2 Å². The number of nitrogens with zero attached hydrogens (tertiary/aromatic N) is 3. The molecule has 0 aliphatic carbocycles. The Balaban J connectivity index is 2.03. The normalized spacial score (nSPS) is 10.8. The molecule has 0 fully saturated rings. The van der Waals surface area contributed by atoms with Crippen molar-refractivity contribution in [3.63, 3.8) is 0 Å². The van der Waals surface area contributed by atoms with Gasteiger partial charge in [0, 0.05) is 24.5 Å². The molecular formula is C14H13ClN4O. The zero-order valence-electron chi connectivity index (χ0n) is 11.1. The van der Waals surface area contributed by atoms with Gasteiger partial charge in [0.2, 0.25) is 5.88 Å². The summed E-state index contributed by atoms with van der Waals surface area (Å²) in [4.78, 5) is 7.34. The molecule has 102 valence electrons. The fourth-order valence-electron chi connectivity index (χ4n) is 2.04. The van der Waals surface area contributed by atoms with Crippen molar-refractivity contribution < 1.29 is 4.74 Å². The molecule has 3 aromatic rings. The summed E-state index contributed by atoms with van der Waals surface area (Å²) in [5.41, 5.74) is 1.71. The molecule has 2 heterocycles. The summed E-state index contributed by atoms with van der Waals surface area (Å²) in [5, 5.41) is 5.06. The Hall–Kier alpha value is -2.27. The van der Waals surface area contributed by atoms with E-state index in [-0.39, 0.29) is 0 Å². The first-order valence-electron chi connectivity index (χ1n) is 6.12. The second kappa shape index (κ2) is 5.02. The maximum Gasteiger partial charge on any atom is 0.228 e. The van der Waals surface area contributed by atoms with Gasteiger partial charge in [0.25, 0.3) is 0 Å². The average Bonchev–Trinajstić information content (AvgIpc) is 3.01. The van der Waals surface area contributed by atoms with Gasteiger partial charge in [-0.05, 0) is 31.2 Å². The van der Waals surface area contributed by atoms with Crippen molar-refractivity contribution in [3.05, 3.63) is 47.4 Å². The molecule has 3 rings (SSSR count). The molecule has 0 aliphatic heterocycles. The number of aromatic amines is 1. The van der Waals surface area contributed by atoms with Crippen LogP contribution in [0, 0.1) is 6.92 Å². The van der Waals surface area contributed by atoms with Gasteiger partial charge in [-0.1, -0.05) is 11.6 Å². The number of hydrogen-bond acceptors (Lipinski definition) is 3. The van der Waals surface area contributed by atoms with Gasteiger partial charge < -0.3 is 9.72 Å². The van der Waals surface area contributed by atoms with Crippen LogP contribution in [0.1, 0.15) is 5.69 Å². The summed E-state index contributed by atoms with van der Waals surface area (Å²) in [6.45, 7) is 1.92. The number of aromatic nitrogens is 4. The number of benzene rings is 1. The molecule has 5 nitrogen and oxygen atoms in total. The predicted molar refractivity (Wildman–Crippen MR) is 77.1 cm³/mol. The van der Waals surface area contributed by atoms with E-state index in [2.05, 4.69) is 15.1 Å². The first-order valence-corrected chi connectivity index (χ1v) is 6.49. The number of halogens is 1. The lowest BCUT2D eigenvalue weighted by Crippen LogP contribution is -1.96. The highest BCUT2D eigenvalue weighted by atomic mass is 35.5. The molecule has 0 bridgehead atoms. The SMILES string of the molecule is Cc1nn(C)c(Oc2ccc(Cl)cc2)c1-c1ncc[nH]1. The highest BCUT2D eigenvalue weighted by Crippen LogP contribution is 2.33. The van der Waals surface area contributed by atoms with Crippen LogP contribution in [0.25, 0.3) is 11.4 Å². The Morgan fingerprint density at radius 1 is 1.25 bits per heavy atom. The third-order valence-electron chi connectivity index (χ3n) is 2.93. The van der Waals surface area contributed by atoms with Gasteiger partial charge in [-0.3, -0.25) is 0 Å². The Labute approximate surface area is 121 Å². The molecule has 20 heavy (non-hydrogen) atoms. The van der Waals surface area contributed by atoms with E-state index in [9.17, 15) is 0 Å². The third-order valence-corrected chi connectivity index (χ3v) is 3.18. The van der Waals surface area contributed by atoms with E-state index in [0.717, 1.165) is 17.1 Å². The number of hydrogen-bond donors (Lipinski definition) is 1. The molecule has 0 unspecified atom stereocenters. The zero-order chi connectivity index (χ0) is 14.1. The molecule has 0 atom stereocenters. The van der Waals surface area contributed by atoms with E-state index in [1.165, 1.54) is 0 Å². The molecule has 1 N–H and O–H groups in total. The largest absolute Gasteiger partial charge is 0.439 e. The Bertz CT molecular complexity index is 716. The molecule has 0 saturated carbocycles. The fourth-order valence-corrected chi connectivity index (χ4v) is 2.17. The van der Waals surface area contributed by atoms with Crippen LogP contribution in [0.15, 0.2) is 36.7 Å². The van der Waals surface area contributed by atoms with Crippen molar-refractivity contribution in [3.8, 4) is 23.0 Å². The summed E-state index contributed by atoms with van der Waals surface area (Å²) >= 11 is 5.87. The quantitative estimate of drug-likeness (QED) is 0.801. The van der Waals surface area contributed by atoms with Crippen LogP contribution in [0.2, 0.25) is 5.02 Å². The second-order valence-electron chi connectivity index (χ2n) is 4.38. The van der Waals surface area contributed by atoms with Gasteiger partial charge in [-0.25, -0.2) is 9.67 Å². The van der Waals surface area contributed by atoms with E-state index >= 15 is 0 Å². The predicted octanol–water partition coefficient (Wildman–Crippen LogP) is 3.56. The minimum atomic E-state index is 0.639. The van der Waals surface area contributed by atoms with Crippen molar-refractivity contribution in [1.82, 2.24) is 19.7 Å². The van der Waals surface area contributed by atoms with Gasteiger partial charge >= 0.3 is 0 Å². The number of H-pyrrole nitrogens is 1. The number of nitrogens with one attached hydrogen (secondary N) is 1. The van der Waals surface area contributed by atoms with Crippen molar-refractivity contribution in [2.45, 2.75) is 6.92 Å². The maximum atomic E-state index is 5.92. The van der Waals surface area contributed by atoms with Crippen molar-refractivity contribution in [2.75, 3.05) is 0 Å². The highest BCUT2D eigenvalue weighted by Gasteiger charge is 2.19. The first kappa shape index (κ1) is 12.7. The van der Waals surface area contributed by atoms with Gasteiger partial charge in [0.1, 0.15) is 17.1 Å². The van der Waals surface area contributed by atoms with Crippen LogP contribution >= 0.6 is 11.6 Å². The lowest BCUT2D eigenvalue weighted by atomic mass is 10.2. The van der Waals surface area contributed by atoms with Crippen molar-refractivity contribution in [1.29, 1.82) is 0 Å². The molecule has 1 aromatic carbocycles. The first-order chi connectivity index (χ1) is 9.65. The van der Waals surface area contributed by atoms with Crippen LogP contribution in [-0.2, 0) is 7.05 Å². The Kier molecular flexibility index (Phi) is 3.20. The lowest BCUT2D eigenvalue weighted by Gasteiger charge is -2.07. The maximum absolute atomic E-state index is 5.92. The molecule has 0 aliphatic rings. The summed E-state index contributed by atoms with van der Waals surface area (Å²) in [6, 6.07) is 7.20. The second-order valence-corrected chi connectivity index (χ2v) is 4.82. The van der Waals surface area contributed by atoms with Crippen LogP contribution < -0.4 is 4.74 Å². The summed E-state index contributed by atoms with van der Waals surface area (Å²) in [7, 11) is 1.84. The van der Waals surface area contributed by atoms with Gasteiger partial charge in [-0.2, -0.15) is 5.10 Å². The third kappa shape index (κ3) is 2.28. The monoisotopic (exact) mass is 288 g/mol. The van der Waals surface area contributed by atoms with Crippen LogP contribution in [0.3, 0.4) is 0 Å². The Morgan fingerprint density at radius 2 is 2.00 bits per heavy atom. The van der Waals surface area contributed by atoms with E-state index in [0.29, 0.717) is 16.7 Å². The number of aryl methyl sites for hydroxylation is 2. The molecule has 0 amide bonds. The number of ether oxygens (including phenoxy) is 1. The zero-order valence-corrected chi connectivity index (χ0v) is 11.8. The molecular weight excluding hydrogens is 276 g/mol. The molecule has 2 aromatic heterocycles. The van der Waals surface area contributed by atoms with Crippen molar-refractivity contribution in [2.24, 2.45) is 7.05 Å². The number of imidazole rings is 1. The van der Waals surface area contributed by atoms with Crippen LogP contribution in [0.5, 0.6) is 11.6 Å². The average molecular weight is 289 g/mol. The van der Waals surface area contributed by atoms with Crippen molar-refractivity contribution >= 4 is 11.6 Å². The summed E-state index contributed by atoms with van der Waals surface area (Å²) in [5.74, 6) is 2.07. The van der Waals surface area contributed by atoms with E-state index in [1.807, 2.05) is 26.1 Å². The van der Waals surface area contributed by atoms with Gasteiger partial charge in [0.05, 0.1) is 5.69 Å². The van der Waals surface area contributed by atoms with Crippen LogP contribution in [0.4, 0.5) is 0 Å². The summed E-state index contributed by atoms with van der Waals surface area (Å²) in [6.07, 6.45) is 3.47. The summed E-state index contributed by atoms with van der Waals surface area (Å²) < 4.78 is 7.62. The minimum Gasteiger partial charge on any atom is -0.439 e. The Morgan fingerprint density at radius 3 is 2.65 bits per heavy atom. The van der Waals surface area contributed by atoms with Gasteiger partial charge in [-0.15, -0.1) is 0 Å². The fraction of sp³-hybridized carbons (Fsp3) is 0.143. The smallest absolute Gasteiger partial charge is 0.228 e. The molecule has 0 spiro atoms. The van der Waals surface area contributed by atoms with Crippen LogP contribution in [-0.4, -0.2) is 19.7 Å². The van der Waals surface area contributed by atoms with E-state index < -0.39 is 0 Å². The standard InChI is InChI=1S/C14H13ClN4O/c1-9-12(13-16-7-8-17-13)14(19(2)18-9)20-11-5-3-10(15)4-6-11/h3-8H,1-2H3,(H,16,17).